The Morgan fingerprint density at radius 3 is 1.41 bits per heavy atom. The Labute approximate surface area is 656 Å². The van der Waals surface area contributed by atoms with E-state index in [0.29, 0.717) is 100 Å². The predicted molar refractivity (Wildman–Crippen MR) is 444 cm³/mol. The molecule has 0 atom stereocenters. The van der Waals surface area contributed by atoms with Crippen molar-refractivity contribution in [2.45, 2.75) is 54.9 Å². The topological polar surface area (TPSA) is 291 Å². The lowest BCUT2D eigenvalue weighted by Crippen LogP contribution is -2.18. The van der Waals surface area contributed by atoms with Crippen LogP contribution in [0.25, 0.3) is 77.0 Å². The number of H-pyrrole nitrogens is 4. The van der Waals surface area contributed by atoms with E-state index in [4.69, 9.17) is 64.4 Å². The van der Waals surface area contributed by atoms with Crippen LogP contribution in [0.1, 0.15) is 103 Å². The zero-order valence-corrected chi connectivity index (χ0v) is 64.6. The third-order valence-electron chi connectivity index (χ3n) is 15.9. The van der Waals surface area contributed by atoms with Gasteiger partial charge in [-0.15, -0.1) is 0 Å². The minimum absolute atomic E-state index is 0.0657. The zero-order valence-electron chi connectivity index (χ0n) is 60.0. The number of Topliss-reactive ketones (excluding diaryl/α,β-unsaturated/α-hetero) is 2. The molecule has 14 aromatic rings. The average Bonchev–Trinajstić information content (AvgIpc) is 1.36. The fourth-order valence-electron chi connectivity index (χ4n) is 10.6. The number of aromatic amines is 4. The summed E-state index contributed by atoms with van der Waals surface area (Å²) in [6, 6.07) is 66.4. The van der Waals surface area contributed by atoms with Crippen molar-refractivity contribution in [1.29, 1.82) is 0 Å². The fourth-order valence-corrected chi connectivity index (χ4v) is 11.6. The molecule has 14 rings (SSSR count). The SMILES string of the molecule is CC(=O)c1c(-c2ccc(C)cc2)c2cc(Cl)ccc2[nH]c1=O.CCOC(=O)CC(C)=O.Cc1ccc(-c2c(C(=O)/C=C/c3nc4ccccc4[nH]3)c(=O)[nH]c3ccc(Cl)cc23)cc1.Cc1ccc(Br)cc1.Cc1ccc(C(=O)c2cc(Cl)ccc2N)cc1.O=Cc1nc2ccccc2[nH]1.[C-]#[N+]c1cc(Cl)ccc1N. The molecule has 0 aliphatic heterocycles. The minimum Gasteiger partial charge on any atom is -0.466 e. The molecule has 0 saturated carbocycles. The first-order chi connectivity index (χ1) is 52.1. The van der Waals surface area contributed by atoms with Crippen LogP contribution >= 0.6 is 62.3 Å². The van der Waals surface area contributed by atoms with Crippen molar-refractivity contribution in [1.82, 2.24) is 29.9 Å². The number of halogens is 5. The van der Waals surface area contributed by atoms with Crippen molar-refractivity contribution in [3.05, 3.63) is 337 Å². The Kier molecular flexibility index (Phi) is 29.9. The Hall–Kier alpha value is -12.2. The van der Waals surface area contributed by atoms with Crippen LogP contribution in [-0.2, 0) is 14.3 Å². The quantitative estimate of drug-likeness (QED) is 0.0126. The molecule has 0 amide bonds. The van der Waals surface area contributed by atoms with E-state index in [1.807, 2.05) is 142 Å². The summed E-state index contributed by atoms with van der Waals surface area (Å²) in [7, 11) is 0. The lowest BCUT2D eigenvalue weighted by Gasteiger charge is -2.12. The second-order valence-electron chi connectivity index (χ2n) is 24.4. The molecule has 0 spiro atoms. The number of imidazole rings is 2. The molecule has 0 aliphatic carbocycles. The summed E-state index contributed by atoms with van der Waals surface area (Å²) in [5, 5.41) is 3.61. The van der Waals surface area contributed by atoms with Crippen molar-refractivity contribution in [2.24, 2.45) is 0 Å². The summed E-state index contributed by atoms with van der Waals surface area (Å²) in [4.78, 5) is 117. The summed E-state index contributed by atoms with van der Waals surface area (Å²) in [5.41, 5.74) is 25.1. The van der Waals surface area contributed by atoms with E-state index in [9.17, 15) is 38.4 Å². The van der Waals surface area contributed by atoms with E-state index in [0.717, 1.165) is 59.7 Å². The number of carbonyl (C=O) groups excluding carboxylic acids is 6. The summed E-state index contributed by atoms with van der Waals surface area (Å²) in [5.74, 6) is -0.464. The summed E-state index contributed by atoms with van der Waals surface area (Å²) >= 11 is 27.2. The van der Waals surface area contributed by atoms with Gasteiger partial charge in [0.25, 0.3) is 11.1 Å². The number of hydrogen-bond acceptors (Lipinski definition) is 13. The minimum atomic E-state index is -0.449. The molecule has 0 bridgehead atoms. The molecule has 18 nitrogen and oxygen atoms in total. The lowest BCUT2D eigenvalue weighted by molar-refractivity contribution is -0.145. The number of nitrogens with zero attached hydrogens (tertiary/aromatic N) is 3. The normalized spacial score (nSPS) is 10.4. The van der Waals surface area contributed by atoms with Crippen LogP contribution in [0.15, 0.2) is 239 Å². The number of fused-ring (bicyclic) bond motifs is 4. The van der Waals surface area contributed by atoms with Crippen LogP contribution in [0.2, 0.25) is 20.1 Å². The highest BCUT2D eigenvalue weighted by atomic mass is 79.9. The number of ketones is 4. The first-order valence-corrected chi connectivity index (χ1v) is 35.8. The van der Waals surface area contributed by atoms with Crippen LogP contribution in [0.5, 0.6) is 0 Å². The molecule has 8 N–H and O–H groups in total. The van der Waals surface area contributed by atoms with Gasteiger partial charge in [0.1, 0.15) is 18.0 Å². The largest absolute Gasteiger partial charge is 0.466 e. The molecule has 0 aliphatic rings. The number of anilines is 2. The molecule has 23 heteroatoms. The number of benzene rings is 10. The summed E-state index contributed by atoms with van der Waals surface area (Å²) in [6.07, 6.45) is 3.56. The van der Waals surface area contributed by atoms with Gasteiger partial charge in [-0.25, -0.2) is 14.8 Å². The second-order valence-corrected chi connectivity index (χ2v) is 27.1. The summed E-state index contributed by atoms with van der Waals surface area (Å²) in [6.45, 7) is 19.5. The maximum absolute atomic E-state index is 13.3. The number of aryl methyl sites for hydroxylation is 4. The highest BCUT2D eigenvalue weighted by molar-refractivity contribution is 9.10. The van der Waals surface area contributed by atoms with Crippen molar-refractivity contribution >= 4 is 165 Å². The number of para-hydroxylation sites is 4. The maximum Gasteiger partial charge on any atom is 0.313 e. The van der Waals surface area contributed by atoms with Crippen LogP contribution in [0, 0.1) is 34.3 Å². The van der Waals surface area contributed by atoms with Gasteiger partial charge in [-0.1, -0.05) is 194 Å². The van der Waals surface area contributed by atoms with Gasteiger partial charge in [0.05, 0.1) is 46.4 Å². The number of ether oxygens (including phenoxy) is 1. The first-order valence-electron chi connectivity index (χ1n) is 33.5. The van der Waals surface area contributed by atoms with E-state index in [2.05, 4.69) is 74.5 Å². The van der Waals surface area contributed by atoms with Gasteiger partial charge < -0.3 is 36.1 Å². The van der Waals surface area contributed by atoms with Crippen LogP contribution < -0.4 is 22.6 Å². The number of allylic oxidation sites excluding steroid dienone is 1. The molecule has 4 aromatic heterocycles. The number of pyridine rings is 2. The van der Waals surface area contributed by atoms with Crippen LogP contribution in [-0.4, -0.2) is 71.9 Å². The van der Waals surface area contributed by atoms with E-state index < -0.39 is 17.3 Å². The van der Waals surface area contributed by atoms with Gasteiger partial charge in [0, 0.05) is 80.0 Å². The van der Waals surface area contributed by atoms with Crippen molar-refractivity contribution in [3.63, 3.8) is 0 Å². The molecule has 109 heavy (non-hydrogen) atoms. The van der Waals surface area contributed by atoms with Crippen LogP contribution in [0.3, 0.4) is 0 Å². The zero-order chi connectivity index (χ0) is 79.0. The monoisotopic (exact) mass is 1590 g/mol. The Morgan fingerprint density at radius 1 is 0.523 bits per heavy atom. The number of nitrogens with two attached hydrogens (primary N) is 2. The number of esters is 1. The molecular formula is C86H72BrCl4N9O9. The van der Waals surface area contributed by atoms with Gasteiger partial charge >= 0.3 is 5.97 Å². The first kappa shape index (κ1) is 82.5. The number of nitrogen functional groups attached to an aromatic ring is 2. The van der Waals surface area contributed by atoms with Gasteiger partial charge in [-0.3, -0.25) is 38.4 Å². The molecule has 0 unspecified atom stereocenters. The van der Waals surface area contributed by atoms with Crippen molar-refractivity contribution in [3.8, 4) is 22.3 Å². The van der Waals surface area contributed by atoms with E-state index >= 15 is 0 Å². The van der Waals surface area contributed by atoms with Crippen molar-refractivity contribution in [2.75, 3.05) is 18.1 Å². The Bertz CT molecular complexity index is 5760. The maximum atomic E-state index is 13.3. The number of aromatic nitrogens is 6. The smallest absolute Gasteiger partial charge is 0.313 e. The predicted octanol–water partition coefficient (Wildman–Crippen LogP) is 20.9. The highest BCUT2D eigenvalue weighted by Crippen LogP contribution is 2.34. The van der Waals surface area contributed by atoms with Gasteiger partial charge in [0.15, 0.2) is 29.5 Å². The highest BCUT2D eigenvalue weighted by Gasteiger charge is 2.22. The third-order valence-corrected chi connectivity index (χ3v) is 17.4. The molecule has 0 saturated heterocycles. The molecule has 550 valence electrons. The molecule has 0 fully saturated rings. The van der Waals surface area contributed by atoms with Gasteiger partial charge in [-0.2, -0.15) is 0 Å². The van der Waals surface area contributed by atoms with Gasteiger partial charge in [0.2, 0.25) is 5.69 Å². The Balaban J connectivity index is 0.000000170. The third kappa shape index (κ3) is 23.4. The molecular weight excluding hydrogens is 1520 g/mol. The van der Waals surface area contributed by atoms with Crippen molar-refractivity contribution < 1.29 is 33.5 Å². The number of hydrogen-bond donors (Lipinski definition) is 6. The standard InChI is InChI=1S/C26H18ClN3O2.C18H14ClNO2.C14H12ClNO.C8H6N2O.C7H7Br.C7H5ClN2.C6H10O3/c1-15-6-8-16(9-7-15)24-18-14-17(27)10-11-19(18)30-26(32)25(24)22(31)12-13-23-28-20-4-2-3-5-21(20)29-23;1-10-3-5-12(6-4-10)17-14-9-13(19)7-8-15(14)20-18(22)16(17)11(2)21;1-9-2-4-10(5-3-9)14(17)12-8-11(15)6-7-13(12)16;11-5-8-9-6-3-1-2-4-7(6)10-8;1-6-2-4-7(8)5-3-6;1-10-7-4-5(8)2-3-6(7)9;1-3-9-6(8)4-5(2)7/h2-14H,1H3,(H,28,29)(H,30,32);3-9H,1-2H3,(H,20,22);2-8H,16H2,1H3;1-5H,(H,9,10);2-5H,1H3;2-4H,9H2;3-4H2,1-2H3/b13-12+;;;;;;. The number of carbonyl (C=O) groups is 6. The van der Waals surface area contributed by atoms with Crippen LogP contribution in [0.4, 0.5) is 17.1 Å². The molecule has 4 heterocycles. The number of rotatable bonds is 12. The average molecular weight is 1600 g/mol. The fraction of sp³-hybridized carbons (Fsp3) is 0.105. The lowest BCUT2D eigenvalue weighted by atomic mass is 9.93. The summed E-state index contributed by atoms with van der Waals surface area (Å²) < 4.78 is 5.63. The van der Waals surface area contributed by atoms with E-state index in [-0.39, 0.29) is 40.5 Å². The van der Waals surface area contributed by atoms with E-state index in [1.165, 1.54) is 25.5 Å². The number of nitrogens with one attached hydrogen (secondary N) is 4. The van der Waals surface area contributed by atoms with Gasteiger partial charge in [-0.05, 0) is 181 Å². The Morgan fingerprint density at radius 2 is 0.954 bits per heavy atom. The molecule has 10 aromatic carbocycles. The molecule has 0 radical (unpaired) electrons. The number of aldehydes is 1. The second kappa shape index (κ2) is 39.4. The van der Waals surface area contributed by atoms with E-state index in [1.54, 1.807) is 97.9 Å².